The van der Waals surface area contributed by atoms with Crippen LogP contribution in [0.25, 0.3) is 0 Å². The summed E-state index contributed by atoms with van der Waals surface area (Å²) < 4.78 is 22.1. The van der Waals surface area contributed by atoms with Gasteiger partial charge in [0.1, 0.15) is 18.8 Å². The number of ether oxygens (including phenoxy) is 4. The standard InChI is InChI=1S/C19H28O6/c1-12-10-15(8-9-19(12,4)5)24-18-7-6-16(23-14(3)21)17(25-18)11-22-13(2)20/h6-7,15-18H,1,8-11H2,2-5H3/t15-,16-,17?,18-/m0/s1. The lowest BCUT2D eigenvalue weighted by molar-refractivity contribution is -0.212. The zero-order chi connectivity index (χ0) is 18.6. The van der Waals surface area contributed by atoms with Crippen LogP contribution in [0.1, 0.15) is 47.0 Å². The number of hydrogen-bond acceptors (Lipinski definition) is 6. The van der Waals surface area contributed by atoms with Crippen LogP contribution in [-0.2, 0) is 28.5 Å². The van der Waals surface area contributed by atoms with E-state index >= 15 is 0 Å². The summed E-state index contributed by atoms with van der Waals surface area (Å²) in [7, 11) is 0. The molecule has 2 rings (SSSR count). The zero-order valence-electron chi connectivity index (χ0n) is 15.4. The van der Waals surface area contributed by atoms with Crippen LogP contribution >= 0.6 is 0 Å². The third kappa shape index (κ3) is 5.68. The molecule has 1 fully saturated rings. The van der Waals surface area contributed by atoms with Gasteiger partial charge in [0.05, 0.1) is 6.10 Å². The minimum Gasteiger partial charge on any atom is -0.463 e. The number of carbonyl (C=O) groups is 2. The smallest absolute Gasteiger partial charge is 0.303 e. The second-order valence-corrected chi connectivity index (χ2v) is 7.29. The van der Waals surface area contributed by atoms with Gasteiger partial charge in [0.2, 0.25) is 0 Å². The molecule has 1 heterocycles. The van der Waals surface area contributed by atoms with Crippen molar-refractivity contribution in [3.8, 4) is 0 Å². The summed E-state index contributed by atoms with van der Waals surface area (Å²) in [6.07, 6.45) is 4.49. The Morgan fingerprint density at radius 3 is 2.60 bits per heavy atom. The van der Waals surface area contributed by atoms with Crippen molar-refractivity contribution in [1.29, 1.82) is 0 Å². The lowest BCUT2D eigenvalue weighted by Crippen LogP contribution is -2.43. The van der Waals surface area contributed by atoms with E-state index in [-0.39, 0.29) is 18.1 Å². The van der Waals surface area contributed by atoms with E-state index in [1.165, 1.54) is 19.4 Å². The van der Waals surface area contributed by atoms with Gasteiger partial charge in [-0.2, -0.15) is 0 Å². The van der Waals surface area contributed by atoms with Gasteiger partial charge in [-0.3, -0.25) is 9.59 Å². The molecule has 25 heavy (non-hydrogen) atoms. The van der Waals surface area contributed by atoms with E-state index in [4.69, 9.17) is 18.9 Å². The van der Waals surface area contributed by atoms with E-state index in [9.17, 15) is 9.59 Å². The molecule has 6 nitrogen and oxygen atoms in total. The maximum absolute atomic E-state index is 11.2. The topological polar surface area (TPSA) is 71.1 Å². The fourth-order valence-electron chi connectivity index (χ4n) is 2.99. The fraction of sp³-hybridized carbons (Fsp3) is 0.684. The van der Waals surface area contributed by atoms with Gasteiger partial charge in [0, 0.05) is 13.8 Å². The molecule has 0 bridgehead atoms. The van der Waals surface area contributed by atoms with Gasteiger partial charge in [-0.15, -0.1) is 0 Å². The van der Waals surface area contributed by atoms with Crippen LogP contribution in [0.2, 0.25) is 0 Å². The van der Waals surface area contributed by atoms with Crippen LogP contribution in [0.4, 0.5) is 0 Å². The molecule has 0 aromatic rings. The average molecular weight is 352 g/mol. The van der Waals surface area contributed by atoms with E-state index < -0.39 is 30.4 Å². The molecule has 0 aromatic carbocycles. The molecule has 4 atom stereocenters. The maximum Gasteiger partial charge on any atom is 0.303 e. The molecule has 0 spiro atoms. The average Bonchev–Trinajstić information content (AvgIpc) is 2.51. The lowest BCUT2D eigenvalue weighted by atomic mass is 9.73. The molecule has 0 saturated heterocycles. The number of hydrogen-bond donors (Lipinski definition) is 0. The molecule has 0 radical (unpaired) electrons. The first kappa shape index (κ1) is 19.7. The van der Waals surface area contributed by atoms with Crippen molar-refractivity contribution in [1.82, 2.24) is 0 Å². The highest BCUT2D eigenvalue weighted by atomic mass is 16.7. The van der Waals surface area contributed by atoms with Gasteiger partial charge in [-0.25, -0.2) is 0 Å². The summed E-state index contributed by atoms with van der Waals surface area (Å²) >= 11 is 0. The van der Waals surface area contributed by atoms with Crippen LogP contribution in [0.3, 0.4) is 0 Å². The number of carbonyl (C=O) groups excluding carboxylic acids is 2. The lowest BCUT2D eigenvalue weighted by Gasteiger charge is -2.39. The normalized spacial score (nSPS) is 31.4. The number of esters is 2. The highest BCUT2D eigenvalue weighted by Gasteiger charge is 2.35. The van der Waals surface area contributed by atoms with Crippen LogP contribution < -0.4 is 0 Å². The van der Waals surface area contributed by atoms with Crippen LogP contribution in [-0.4, -0.2) is 43.1 Å². The van der Waals surface area contributed by atoms with Crippen LogP contribution in [0.15, 0.2) is 24.3 Å². The highest BCUT2D eigenvalue weighted by molar-refractivity contribution is 5.66. The molecule has 6 heteroatoms. The van der Waals surface area contributed by atoms with Crippen molar-refractivity contribution in [3.63, 3.8) is 0 Å². The SMILES string of the molecule is C=C1C[C@@H](O[C@@H]2C=C[C@H](OC(C)=O)C(COC(C)=O)O2)CCC1(C)C. The molecule has 140 valence electrons. The molecule has 1 aliphatic carbocycles. The Labute approximate surface area is 149 Å². The minimum absolute atomic E-state index is 0.00187. The minimum atomic E-state index is -0.600. The molecule has 2 aliphatic rings. The molecule has 1 unspecified atom stereocenters. The molecular formula is C19H28O6. The Bertz CT molecular complexity index is 550. The predicted molar refractivity (Wildman–Crippen MR) is 91.6 cm³/mol. The molecular weight excluding hydrogens is 324 g/mol. The molecule has 1 saturated carbocycles. The van der Waals surface area contributed by atoms with Gasteiger partial charge in [0.25, 0.3) is 0 Å². The summed E-state index contributed by atoms with van der Waals surface area (Å²) in [5.74, 6) is -0.834. The molecule has 0 aromatic heterocycles. The summed E-state index contributed by atoms with van der Waals surface area (Å²) in [5.41, 5.74) is 1.32. The second-order valence-electron chi connectivity index (χ2n) is 7.29. The Hall–Kier alpha value is -1.66. The van der Waals surface area contributed by atoms with Crippen molar-refractivity contribution in [2.24, 2.45) is 5.41 Å². The maximum atomic E-state index is 11.2. The van der Waals surface area contributed by atoms with Crippen molar-refractivity contribution < 1.29 is 28.5 Å². The monoisotopic (exact) mass is 352 g/mol. The largest absolute Gasteiger partial charge is 0.463 e. The summed E-state index contributed by atoms with van der Waals surface area (Å²) in [6.45, 7) is 11.2. The van der Waals surface area contributed by atoms with E-state index in [1.807, 2.05) is 0 Å². The van der Waals surface area contributed by atoms with E-state index in [2.05, 4.69) is 20.4 Å². The quantitative estimate of drug-likeness (QED) is 0.560. The first-order chi connectivity index (χ1) is 11.7. The number of rotatable bonds is 5. The Kier molecular flexibility index (Phi) is 6.41. The van der Waals surface area contributed by atoms with Crippen molar-refractivity contribution in [2.75, 3.05) is 6.61 Å². The van der Waals surface area contributed by atoms with Gasteiger partial charge >= 0.3 is 11.9 Å². The second kappa shape index (κ2) is 8.15. The van der Waals surface area contributed by atoms with Gasteiger partial charge in [-0.05, 0) is 36.8 Å². The van der Waals surface area contributed by atoms with Crippen LogP contribution in [0.5, 0.6) is 0 Å². The highest BCUT2D eigenvalue weighted by Crippen LogP contribution is 2.40. The molecule has 0 N–H and O–H groups in total. The first-order valence-electron chi connectivity index (χ1n) is 8.65. The predicted octanol–water partition coefficient (Wildman–Crippen LogP) is 2.91. The third-order valence-corrected chi connectivity index (χ3v) is 4.74. The van der Waals surface area contributed by atoms with Crippen molar-refractivity contribution >= 4 is 11.9 Å². The van der Waals surface area contributed by atoms with E-state index in [0.717, 1.165) is 19.3 Å². The van der Waals surface area contributed by atoms with Crippen molar-refractivity contribution in [3.05, 3.63) is 24.3 Å². The van der Waals surface area contributed by atoms with E-state index in [0.29, 0.717) is 0 Å². The summed E-state index contributed by atoms with van der Waals surface area (Å²) in [5, 5.41) is 0. The van der Waals surface area contributed by atoms with Gasteiger partial charge in [0.15, 0.2) is 6.29 Å². The third-order valence-electron chi connectivity index (χ3n) is 4.74. The van der Waals surface area contributed by atoms with Gasteiger partial charge in [-0.1, -0.05) is 26.0 Å². The molecule has 1 aliphatic heterocycles. The van der Waals surface area contributed by atoms with Crippen LogP contribution in [0, 0.1) is 5.41 Å². The fourth-order valence-corrected chi connectivity index (χ4v) is 2.99. The summed E-state index contributed by atoms with van der Waals surface area (Å²) in [4.78, 5) is 22.3. The first-order valence-corrected chi connectivity index (χ1v) is 8.65. The Morgan fingerprint density at radius 2 is 2.00 bits per heavy atom. The zero-order valence-corrected chi connectivity index (χ0v) is 15.4. The Morgan fingerprint density at radius 1 is 1.28 bits per heavy atom. The Balaban J connectivity index is 1.96. The van der Waals surface area contributed by atoms with Gasteiger partial charge < -0.3 is 18.9 Å². The molecule has 0 amide bonds. The van der Waals surface area contributed by atoms with E-state index in [1.54, 1.807) is 12.2 Å². The van der Waals surface area contributed by atoms with Crippen molar-refractivity contribution in [2.45, 2.75) is 71.6 Å². The summed E-state index contributed by atoms with van der Waals surface area (Å²) in [6, 6.07) is 0.